The van der Waals surface area contributed by atoms with E-state index in [-0.39, 0.29) is 12.1 Å². The quantitative estimate of drug-likeness (QED) is 0.861. The van der Waals surface area contributed by atoms with Gasteiger partial charge in [0.1, 0.15) is 5.82 Å². The fourth-order valence-corrected chi connectivity index (χ4v) is 3.23. The van der Waals surface area contributed by atoms with Crippen molar-refractivity contribution >= 4 is 6.03 Å². The van der Waals surface area contributed by atoms with Crippen molar-refractivity contribution in [2.24, 2.45) is 0 Å². The van der Waals surface area contributed by atoms with Crippen molar-refractivity contribution in [3.05, 3.63) is 36.4 Å². The standard InChI is InChI=1S/C17H25N5O/c1-21(13-16-18-9-5-10-19-16)15-8-11-22(12-15)17(23)20-14-6-3-2-4-7-14/h3,5-6,9-10,14-15H,2,4,7-8,11-13H2,1H3,(H,20,23)/t14-,15-/m1/s1. The van der Waals surface area contributed by atoms with Crippen LogP contribution in [0.5, 0.6) is 0 Å². The van der Waals surface area contributed by atoms with Gasteiger partial charge >= 0.3 is 6.03 Å². The van der Waals surface area contributed by atoms with E-state index < -0.39 is 0 Å². The van der Waals surface area contributed by atoms with Crippen LogP contribution < -0.4 is 5.32 Å². The number of nitrogens with zero attached hydrogens (tertiary/aromatic N) is 4. The number of carbonyl (C=O) groups is 1. The average molecular weight is 315 g/mol. The van der Waals surface area contributed by atoms with E-state index in [2.05, 4.69) is 39.4 Å². The molecule has 6 nitrogen and oxygen atoms in total. The molecule has 1 aliphatic carbocycles. The molecule has 1 aromatic heterocycles. The molecule has 0 radical (unpaired) electrons. The Morgan fingerprint density at radius 3 is 2.96 bits per heavy atom. The number of allylic oxidation sites excluding steroid dienone is 1. The summed E-state index contributed by atoms with van der Waals surface area (Å²) >= 11 is 0. The molecule has 6 heteroatoms. The zero-order valence-electron chi connectivity index (χ0n) is 13.7. The summed E-state index contributed by atoms with van der Waals surface area (Å²) in [6, 6.07) is 2.45. The Labute approximate surface area is 137 Å². The van der Waals surface area contributed by atoms with Crippen LogP contribution in [0.2, 0.25) is 0 Å². The van der Waals surface area contributed by atoms with Gasteiger partial charge in [0.05, 0.1) is 6.54 Å². The Hall–Kier alpha value is -1.95. The van der Waals surface area contributed by atoms with Gasteiger partial charge in [-0.1, -0.05) is 12.2 Å². The molecule has 2 aliphatic rings. The van der Waals surface area contributed by atoms with Crippen molar-refractivity contribution in [1.82, 2.24) is 25.1 Å². The molecular weight excluding hydrogens is 290 g/mol. The number of likely N-dealkylation sites (tertiary alicyclic amines) is 1. The summed E-state index contributed by atoms with van der Waals surface area (Å²) in [6.07, 6.45) is 12.1. The Balaban J connectivity index is 1.48. The first-order valence-electron chi connectivity index (χ1n) is 8.40. The molecule has 0 saturated carbocycles. The number of hydrogen-bond acceptors (Lipinski definition) is 4. The Morgan fingerprint density at radius 2 is 2.22 bits per heavy atom. The normalized spacial score (nSPS) is 24.2. The van der Waals surface area contributed by atoms with E-state index in [0.29, 0.717) is 12.6 Å². The third-order valence-electron chi connectivity index (χ3n) is 4.65. The minimum absolute atomic E-state index is 0.0633. The van der Waals surface area contributed by atoms with Crippen LogP contribution in [0.1, 0.15) is 31.5 Å². The number of amides is 2. The van der Waals surface area contributed by atoms with Crippen molar-refractivity contribution in [2.75, 3.05) is 20.1 Å². The van der Waals surface area contributed by atoms with Gasteiger partial charge in [-0.25, -0.2) is 14.8 Å². The smallest absolute Gasteiger partial charge is 0.317 e. The van der Waals surface area contributed by atoms with E-state index in [4.69, 9.17) is 0 Å². The highest BCUT2D eigenvalue weighted by molar-refractivity contribution is 5.75. The number of nitrogens with one attached hydrogen (secondary N) is 1. The Kier molecular flexibility index (Phi) is 5.23. The predicted octanol–water partition coefficient (Wildman–Crippen LogP) is 1.80. The molecule has 2 amide bonds. The number of aromatic nitrogens is 2. The van der Waals surface area contributed by atoms with E-state index in [1.807, 2.05) is 11.0 Å². The summed E-state index contributed by atoms with van der Waals surface area (Å²) in [4.78, 5) is 25.1. The van der Waals surface area contributed by atoms with E-state index in [0.717, 1.165) is 44.6 Å². The SMILES string of the molecule is CN(Cc1ncccn1)[C@@H]1CCN(C(=O)N[C@@H]2C=CCCC2)C1. The minimum Gasteiger partial charge on any atom is -0.332 e. The zero-order chi connectivity index (χ0) is 16.1. The van der Waals surface area contributed by atoms with Gasteiger partial charge in [-0.15, -0.1) is 0 Å². The van der Waals surface area contributed by atoms with Crippen LogP contribution >= 0.6 is 0 Å². The monoisotopic (exact) mass is 315 g/mol. The van der Waals surface area contributed by atoms with Gasteiger partial charge in [0.25, 0.3) is 0 Å². The topological polar surface area (TPSA) is 61.4 Å². The lowest BCUT2D eigenvalue weighted by Crippen LogP contribution is -2.45. The number of likely N-dealkylation sites (N-methyl/N-ethyl adjacent to an activating group) is 1. The van der Waals surface area contributed by atoms with Crippen molar-refractivity contribution < 1.29 is 4.79 Å². The molecule has 1 saturated heterocycles. The third kappa shape index (κ3) is 4.28. The second-order valence-electron chi connectivity index (χ2n) is 6.38. The maximum absolute atomic E-state index is 12.4. The number of urea groups is 1. The van der Waals surface area contributed by atoms with E-state index in [9.17, 15) is 4.79 Å². The lowest BCUT2D eigenvalue weighted by molar-refractivity contribution is 0.193. The Morgan fingerprint density at radius 1 is 1.39 bits per heavy atom. The molecule has 3 rings (SSSR count). The number of rotatable bonds is 4. The van der Waals surface area contributed by atoms with Gasteiger partial charge in [0.2, 0.25) is 0 Å². The van der Waals surface area contributed by atoms with E-state index in [1.165, 1.54) is 0 Å². The number of hydrogen-bond donors (Lipinski definition) is 1. The average Bonchev–Trinajstić information content (AvgIpc) is 3.07. The summed E-state index contributed by atoms with van der Waals surface area (Å²) in [5.41, 5.74) is 0. The summed E-state index contributed by atoms with van der Waals surface area (Å²) in [5.74, 6) is 0.824. The van der Waals surface area contributed by atoms with Crippen LogP contribution in [0.15, 0.2) is 30.6 Å². The zero-order valence-corrected chi connectivity index (χ0v) is 13.7. The first-order valence-corrected chi connectivity index (χ1v) is 8.40. The molecule has 0 unspecified atom stereocenters. The van der Waals surface area contributed by atoms with Crippen molar-refractivity contribution in [3.8, 4) is 0 Å². The lowest BCUT2D eigenvalue weighted by atomic mass is 10.0. The summed E-state index contributed by atoms with van der Waals surface area (Å²) < 4.78 is 0. The molecule has 124 valence electrons. The summed E-state index contributed by atoms with van der Waals surface area (Å²) in [5, 5.41) is 3.13. The summed E-state index contributed by atoms with van der Waals surface area (Å²) in [7, 11) is 2.08. The van der Waals surface area contributed by atoms with Gasteiger partial charge < -0.3 is 10.2 Å². The fourth-order valence-electron chi connectivity index (χ4n) is 3.23. The van der Waals surface area contributed by atoms with Crippen LogP contribution in [-0.4, -0.2) is 58.0 Å². The molecular formula is C17H25N5O. The first-order chi connectivity index (χ1) is 11.2. The van der Waals surface area contributed by atoms with Gasteiger partial charge in [-0.05, 0) is 38.8 Å². The molecule has 2 heterocycles. The molecule has 1 aliphatic heterocycles. The molecule has 0 spiro atoms. The molecule has 0 bridgehead atoms. The second kappa shape index (κ2) is 7.55. The minimum atomic E-state index is 0.0633. The van der Waals surface area contributed by atoms with Crippen LogP contribution in [0.3, 0.4) is 0 Å². The highest BCUT2D eigenvalue weighted by Crippen LogP contribution is 2.17. The van der Waals surface area contributed by atoms with E-state index >= 15 is 0 Å². The lowest BCUT2D eigenvalue weighted by Gasteiger charge is -2.25. The predicted molar refractivity (Wildman–Crippen MR) is 88.8 cm³/mol. The van der Waals surface area contributed by atoms with Gasteiger partial charge in [-0.3, -0.25) is 4.90 Å². The molecule has 1 N–H and O–H groups in total. The number of carbonyl (C=O) groups excluding carboxylic acids is 1. The van der Waals surface area contributed by atoms with Crippen LogP contribution in [0.4, 0.5) is 4.79 Å². The Bertz CT molecular complexity index is 547. The highest BCUT2D eigenvalue weighted by Gasteiger charge is 2.29. The maximum atomic E-state index is 12.4. The summed E-state index contributed by atoms with van der Waals surface area (Å²) in [6.45, 7) is 2.30. The second-order valence-corrected chi connectivity index (χ2v) is 6.38. The van der Waals surface area contributed by atoms with Crippen molar-refractivity contribution in [2.45, 2.75) is 44.3 Å². The third-order valence-corrected chi connectivity index (χ3v) is 4.65. The molecule has 23 heavy (non-hydrogen) atoms. The largest absolute Gasteiger partial charge is 0.332 e. The van der Waals surface area contributed by atoms with Crippen molar-refractivity contribution in [1.29, 1.82) is 0 Å². The maximum Gasteiger partial charge on any atom is 0.317 e. The van der Waals surface area contributed by atoms with Crippen LogP contribution in [0, 0.1) is 0 Å². The molecule has 0 aromatic carbocycles. The molecule has 1 aromatic rings. The fraction of sp³-hybridized carbons (Fsp3) is 0.588. The van der Waals surface area contributed by atoms with Crippen LogP contribution in [0.25, 0.3) is 0 Å². The van der Waals surface area contributed by atoms with Gasteiger partial charge in [0.15, 0.2) is 0 Å². The van der Waals surface area contributed by atoms with Gasteiger partial charge in [0, 0.05) is 37.6 Å². The van der Waals surface area contributed by atoms with Gasteiger partial charge in [-0.2, -0.15) is 0 Å². The molecule has 1 fully saturated rings. The van der Waals surface area contributed by atoms with Crippen molar-refractivity contribution in [3.63, 3.8) is 0 Å². The highest BCUT2D eigenvalue weighted by atomic mass is 16.2. The first kappa shape index (κ1) is 15.9. The van der Waals surface area contributed by atoms with Crippen LogP contribution in [-0.2, 0) is 6.54 Å². The van der Waals surface area contributed by atoms with E-state index in [1.54, 1.807) is 12.4 Å². The molecule has 2 atom stereocenters.